The normalized spacial score (nSPS) is 17.4. The zero-order valence-corrected chi connectivity index (χ0v) is 13.4. The molecular formula is C16H23N3OS. The predicted molar refractivity (Wildman–Crippen MR) is 86.2 cm³/mol. The zero-order valence-electron chi connectivity index (χ0n) is 12.5. The molecule has 1 saturated heterocycles. The molecule has 21 heavy (non-hydrogen) atoms. The third-order valence-electron chi connectivity index (χ3n) is 4.28. The Morgan fingerprint density at radius 3 is 2.90 bits per heavy atom. The van der Waals surface area contributed by atoms with Gasteiger partial charge in [-0.15, -0.1) is 11.3 Å². The molecule has 2 aromatic rings. The fraction of sp³-hybridized carbons (Fsp3) is 0.562. The van der Waals surface area contributed by atoms with Crippen LogP contribution in [-0.2, 0) is 6.54 Å². The van der Waals surface area contributed by atoms with Crippen molar-refractivity contribution in [2.45, 2.75) is 32.7 Å². The van der Waals surface area contributed by atoms with Gasteiger partial charge in [0.2, 0.25) is 5.89 Å². The quantitative estimate of drug-likeness (QED) is 0.921. The Labute approximate surface area is 130 Å². The first kappa shape index (κ1) is 14.8. The van der Waals surface area contributed by atoms with Gasteiger partial charge in [-0.1, -0.05) is 6.07 Å². The van der Waals surface area contributed by atoms with Crippen LogP contribution in [0.2, 0.25) is 0 Å². The van der Waals surface area contributed by atoms with E-state index in [0.29, 0.717) is 0 Å². The zero-order chi connectivity index (χ0) is 14.7. The molecule has 0 saturated carbocycles. The summed E-state index contributed by atoms with van der Waals surface area (Å²) >= 11 is 1.67. The van der Waals surface area contributed by atoms with Crippen molar-refractivity contribution in [2.75, 3.05) is 19.6 Å². The average molecular weight is 305 g/mol. The first-order valence-electron chi connectivity index (χ1n) is 7.69. The highest BCUT2D eigenvalue weighted by Crippen LogP contribution is 2.27. The number of oxazole rings is 1. The number of likely N-dealkylation sites (tertiary alicyclic amines) is 1. The molecule has 0 radical (unpaired) electrons. The van der Waals surface area contributed by atoms with E-state index in [1.165, 1.54) is 19.3 Å². The van der Waals surface area contributed by atoms with Crippen LogP contribution in [0.15, 0.2) is 21.9 Å². The third-order valence-corrected chi connectivity index (χ3v) is 5.14. The van der Waals surface area contributed by atoms with Gasteiger partial charge in [0.15, 0.2) is 0 Å². The highest BCUT2D eigenvalue weighted by Gasteiger charge is 2.21. The summed E-state index contributed by atoms with van der Waals surface area (Å²) in [7, 11) is 0. The number of piperidine rings is 1. The molecule has 1 aliphatic heterocycles. The number of hydrogen-bond acceptors (Lipinski definition) is 5. The van der Waals surface area contributed by atoms with E-state index in [4.69, 9.17) is 10.2 Å². The van der Waals surface area contributed by atoms with E-state index in [9.17, 15) is 0 Å². The molecule has 1 fully saturated rings. The van der Waals surface area contributed by atoms with Gasteiger partial charge in [0.25, 0.3) is 0 Å². The van der Waals surface area contributed by atoms with Crippen LogP contribution in [0, 0.1) is 12.8 Å². The minimum Gasteiger partial charge on any atom is -0.440 e. The lowest BCUT2D eigenvalue weighted by atomic mass is 9.93. The Balaban J connectivity index is 1.61. The molecular weight excluding hydrogens is 282 g/mol. The van der Waals surface area contributed by atoms with Crippen molar-refractivity contribution < 1.29 is 4.42 Å². The number of nitrogens with zero attached hydrogens (tertiary/aromatic N) is 2. The second kappa shape index (κ2) is 6.73. The molecule has 0 bridgehead atoms. The second-order valence-electron chi connectivity index (χ2n) is 5.80. The smallest absolute Gasteiger partial charge is 0.236 e. The summed E-state index contributed by atoms with van der Waals surface area (Å²) in [4.78, 5) is 8.27. The molecule has 0 atom stereocenters. The van der Waals surface area contributed by atoms with Gasteiger partial charge in [-0.05, 0) is 63.2 Å². The summed E-state index contributed by atoms with van der Waals surface area (Å²) in [5.74, 6) is 2.52. The number of nitrogens with two attached hydrogens (primary N) is 1. The highest BCUT2D eigenvalue weighted by atomic mass is 32.1. The van der Waals surface area contributed by atoms with Crippen molar-refractivity contribution in [1.82, 2.24) is 9.88 Å². The van der Waals surface area contributed by atoms with E-state index < -0.39 is 0 Å². The van der Waals surface area contributed by atoms with Gasteiger partial charge in [-0.25, -0.2) is 4.98 Å². The molecule has 5 heteroatoms. The van der Waals surface area contributed by atoms with Crippen LogP contribution in [0.25, 0.3) is 10.8 Å². The lowest BCUT2D eigenvalue weighted by Crippen LogP contribution is -2.34. The topological polar surface area (TPSA) is 55.3 Å². The summed E-state index contributed by atoms with van der Waals surface area (Å²) < 4.78 is 5.82. The van der Waals surface area contributed by atoms with Crippen molar-refractivity contribution in [3.05, 3.63) is 29.0 Å². The van der Waals surface area contributed by atoms with E-state index in [-0.39, 0.29) is 0 Å². The summed E-state index contributed by atoms with van der Waals surface area (Å²) in [6.45, 7) is 6.02. The molecule has 2 aromatic heterocycles. The molecule has 3 rings (SSSR count). The minimum absolute atomic E-state index is 0.760. The predicted octanol–water partition coefficient (Wildman–Crippen LogP) is 3.27. The Bertz CT molecular complexity index is 556. The van der Waals surface area contributed by atoms with Crippen LogP contribution in [0.4, 0.5) is 0 Å². The lowest BCUT2D eigenvalue weighted by Gasteiger charge is -2.31. The molecule has 3 heterocycles. The van der Waals surface area contributed by atoms with E-state index in [0.717, 1.165) is 54.3 Å². The SMILES string of the molecule is Cc1oc(-c2cccs2)nc1CN1CCC(CCN)CC1. The van der Waals surface area contributed by atoms with Gasteiger partial charge in [-0.2, -0.15) is 0 Å². The van der Waals surface area contributed by atoms with Crippen LogP contribution in [0.1, 0.15) is 30.7 Å². The van der Waals surface area contributed by atoms with E-state index in [2.05, 4.69) is 21.3 Å². The highest BCUT2D eigenvalue weighted by molar-refractivity contribution is 7.13. The largest absolute Gasteiger partial charge is 0.440 e. The maximum Gasteiger partial charge on any atom is 0.236 e. The summed E-state index contributed by atoms with van der Waals surface area (Å²) in [5.41, 5.74) is 6.73. The summed E-state index contributed by atoms with van der Waals surface area (Å²) in [5, 5.41) is 2.05. The summed E-state index contributed by atoms with van der Waals surface area (Å²) in [6, 6.07) is 4.08. The molecule has 114 valence electrons. The Hall–Kier alpha value is -1.17. The first-order valence-corrected chi connectivity index (χ1v) is 8.57. The number of aromatic nitrogens is 1. The van der Waals surface area contributed by atoms with Crippen LogP contribution in [0.3, 0.4) is 0 Å². The maximum atomic E-state index is 5.82. The number of aryl methyl sites for hydroxylation is 1. The fourth-order valence-electron chi connectivity index (χ4n) is 2.96. The molecule has 0 unspecified atom stereocenters. The standard InChI is InChI=1S/C16H23N3OS/c1-12-14(18-16(20-12)15-3-2-10-21-15)11-19-8-5-13(4-7-17)6-9-19/h2-3,10,13H,4-9,11,17H2,1H3. The fourth-order valence-corrected chi connectivity index (χ4v) is 3.61. The summed E-state index contributed by atoms with van der Waals surface area (Å²) in [6.07, 6.45) is 3.68. The van der Waals surface area contributed by atoms with Crippen LogP contribution < -0.4 is 5.73 Å². The van der Waals surface area contributed by atoms with Gasteiger partial charge in [0.1, 0.15) is 5.76 Å². The number of rotatable bonds is 5. The van der Waals surface area contributed by atoms with Crippen molar-refractivity contribution in [1.29, 1.82) is 0 Å². The van der Waals surface area contributed by atoms with Gasteiger partial charge >= 0.3 is 0 Å². The van der Waals surface area contributed by atoms with E-state index in [1.807, 2.05) is 13.0 Å². The molecule has 0 aliphatic carbocycles. The molecule has 2 N–H and O–H groups in total. The van der Waals surface area contributed by atoms with Crippen molar-refractivity contribution in [2.24, 2.45) is 11.7 Å². The molecule has 0 amide bonds. The number of hydrogen-bond donors (Lipinski definition) is 1. The molecule has 4 nitrogen and oxygen atoms in total. The van der Waals surface area contributed by atoms with Gasteiger partial charge < -0.3 is 10.2 Å². The molecule has 0 aromatic carbocycles. The molecule has 0 spiro atoms. The average Bonchev–Trinajstić information content (AvgIpc) is 3.12. The number of thiophene rings is 1. The Morgan fingerprint density at radius 2 is 2.24 bits per heavy atom. The Morgan fingerprint density at radius 1 is 1.43 bits per heavy atom. The minimum atomic E-state index is 0.760. The van der Waals surface area contributed by atoms with Crippen molar-refractivity contribution in [3.8, 4) is 10.8 Å². The van der Waals surface area contributed by atoms with Crippen molar-refractivity contribution in [3.63, 3.8) is 0 Å². The van der Waals surface area contributed by atoms with E-state index >= 15 is 0 Å². The van der Waals surface area contributed by atoms with Crippen LogP contribution in [0.5, 0.6) is 0 Å². The molecule has 1 aliphatic rings. The first-order chi connectivity index (χ1) is 10.3. The van der Waals surface area contributed by atoms with Gasteiger partial charge in [0, 0.05) is 6.54 Å². The Kier molecular flexibility index (Phi) is 4.73. The van der Waals surface area contributed by atoms with Crippen molar-refractivity contribution >= 4 is 11.3 Å². The second-order valence-corrected chi connectivity index (χ2v) is 6.74. The lowest BCUT2D eigenvalue weighted by molar-refractivity contribution is 0.171. The maximum absolute atomic E-state index is 5.82. The monoisotopic (exact) mass is 305 g/mol. The van der Waals surface area contributed by atoms with Crippen LogP contribution in [-0.4, -0.2) is 29.5 Å². The van der Waals surface area contributed by atoms with Crippen LogP contribution >= 0.6 is 11.3 Å². The van der Waals surface area contributed by atoms with E-state index in [1.54, 1.807) is 11.3 Å². The van der Waals surface area contributed by atoms with Gasteiger partial charge in [0.05, 0.1) is 10.6 Å². The third kappa shape index (κ3) is 3.54. The van der Waals surface area contributed by atoms with Gasteiger partial charge in [-0.3, -0.25) is 4.90 Å².